The lowest BCUT2D eigenvalue weighted by Gasteiger charge is -2.58. The number of aliphatic hydroxyl groups is 1. The summed E-state index contributed by atoms with van der Waals surface area (Å²) in [6.07, 6.45) is 9.80. The first-order valence-electron chi connectivity index (χ1n) is 9.77. The highest BCUT2D eigenvalue weighted by Gasteiger charge is 2.60. The van der Waals surface area contributed by atoms with E-state index in [4.69, 9.17) is 0 Å². The highest BCUT2D eigenvalue weighted by Crippen LogP contribution is 2.66. The molecule has 3 saturated carbocycles. The van der Waals surface area contributed by atoms with Crippen molar-refractivity contribution in [3.05, 3.63) is 11.6 Å². The molecule has 6 atom stereocenters. The summed E-state index contributed by atoms with van der Waals surface area (Å²) in [6, 6.07) is 0. The highest BCUT2D eigenvalue weighted by molar-refractivity contribution is 5.91. The van der Waals surface area contributed by atoms with Crippen molar-refractivity contribution in [2.45, 2.75) is 65.2 Å². The van der Waals surface area contributed by atoms with Gasteiger partial charge >= 0.3 is 0 Å². The van der Waals surface area contributed by atoms with E-state index in [0.717, 1.165) is 38.5 Å². The Hall–Kier alpha value is -0.960. The van der Waals surface area contributed by atoms with Crippen molar-refractivity contribution in [1.82, 2.24) is 0 Å². The topological polar surface area (TPSA) is 54.4 Å². The Balaban J connectivity index is 1.69. The van der Waals surface area contributed by atoms with E-state index in [1.165, 1.54) is 12.0 Å². The predicted molar refractivity (Wildman–Crippen MR) is 92.3 cm³/mol. The van der Waals surface area contributed by atoms with Crippen LogP contribution in [0.3, 0.4) is 0 Å². The fourth-order valence-corrected chi connectivity index (χ4v) is 7.33. The molecule has 4 rings (SSSR count). The minimum atomic E-state index is -0.146. The molecule has 3 nitrogen and oxygen atoms in total. The zero-order chi connectivity index (χ0) is 17.1. The van der Waals surface area contributed by atoms with Crippen LogP contribution in [0, 0.1) is 34.5 Å². The van der Waals surface area contributed by atoms with Crippen molar-refractivity contribution < 1.29 is 14.7 Å². The van der Waals surface area contributed by atoms with E-state index < -0.39 is 0 Å². The van der Waals surface area contributed by atoms with Gasteiger partial charge in [0.05, 0.1) is 6.61 Å². The molecule has 0 saturated heterocycles. The monoisotopic (exact) mass is 330 g/mol. The van der Waals surface area contributed by atoms with Crippen LogP contribution >= 0.6 is 0 Å². The number of aliphatic hydroxyl groups excluding tert-OH is 1. The van der Waals surface area contributed by atoms with Crippen LogP contribution in [0.25, 0.3) is 0 Å². The quantitative estimate of drug-likeness (QED) is 0.840. The van der Waals surface area contributed by atoms with Crippen LogP contribution < -0.4 is 0 Å². The van der Waals surface area contributed by atoms with Gasteiger partial charge in [0.25, 0.3) is 0 Å². The molecular formula is C21H30O3. The van der Waals surface area contributed by atoms with E-state index in [9.17, 15) is 14.7 Å². The van der Waals surface area contributed by atoms with Crippen molar-refractivity contribution in [1.29, 1.82) is 0 Å². The number of hydrogen-bond donors (Lipinski definition) is 1. The van der Waals surface area contributed by atoms with E-state index in [2.05, 4.69) is 6.92 Å². The molecule has 0 radical (unpaired) electrons. The Morgan fingerprint density at radius 3 is 2.67 bits per heavy atom. The molecule has 4 aliphatic rings. The number of ketones is 2. The zero-order valence-electron chi connectivity index (χ0n) is 15.0. The van der Waals surface area contributed by atoms with Crippen LogP contribution in [0.4, 0.5) is 0 Å². The Morgan fingerprint density at radius 1 is 1.17 bits per heavy atom. The van der Waals surface area contributed by atoms with E-state index in [-0.39, 0.29) is 29.1 Å². The van der Waals surface area contributed by atoms with Crippen molar-refractivity contribution in [2.24, 2.45) is 34.5 Å². The lowest BCUT2D eigenvalue weighted by atomic mass is 9.46. The Bertz CT molecular complexity index is 606. The molecule has 0 amide bonds. The maximum absolute atomic E-state index is 12.2. The first-order valence-corrected chi connectivity index (χ1v) is 9.77. The normalized spacial score (nSPS) is 47.5. The van der Waals surface area contributed by atoms with Crippen molar-refractivity contribution in [2.75, 3.05) is 6.61 Å². The van der Waals surface area contributed by atoms with Crippen molar-refractivity contribution in [3.63, 3.8) is 0 Å². The third-order valence-corrected chi connectivity index (χ3v) is 8.46. The Kier molecular flexibility index (Phi) is 3.80. The van der Waals surface area contributed by atoms with E-state index in [1.54, 1.807) is 6.92 Å². The SMILES string of the molecule is CC(=O)[C@H]1CC[C@H]2[C@@H]3CCC4=CC(=O)CC[C@]4(CO)[C@H]3CC[C@]12C. The molecule has 0 heterocycles. The average molecular weight is 330 g/mol. The molecule has 0 aromatic heterocycles. The minimum Gasteiger partial charge on any atom is -0.395 e. The molecule has 0 aliphatic heterocycles. The summed E-state index contributed by atoms with van der Waals surface area (Å²) in [5.41, 5.74) is 1.24. The lowest BCUT2D eigenvalue weighted by Crippen LogP contribution is -2.53. The van der Waals surface area contributed by atoms with Crippen LogP contribution in [0.15, 0.2) is 11.6 Å². The standard InChI is InChI=1S/C21H30O3/c1-13(23)17-5-6-18-16-4-3-14-11-15(24)7-10-21(14,12-22)19(16)8-9-20(17,18)2/h11,16-19,22H,3-10,12H2,1-2H3/t16-,17+,18-,19-,20+,21+/m0/s1. The molecule has 0 aromatic rings. The summed E-state index contributed by atoms with van der Waals surface area (Å²) in [5, 5.41) is 10.3. The van der Waals surface area contributed by atoms with Crippen LogP contribution in [0.1, 0.15) is 65.2 Å². The molecule has 0 bridgehead atoms. The Labute approximate surface area is 144 Å². The Morgan fingerprint density at radius 2 is 1.96 bits per heavy atom. The number of carbonyl (C=O) groups excluding carboxylic acids is 2. The van der Waals surface area contributed by atoms with Gasteiger partial charge in [-0.1, -0.05) is 12.5 Å². The first kappa shape index (κ1) is 16.5. The van der Waals surface area contributed by atoms with Gasteiger partial charge in [-0.3, -0.25) is 9.59 Å². The van der Waals surface area contributed by atoms with Crippen molar-refractivity contribution in [3.8, 4) is 0 Å². The highest BCUT2D eigenvalue weighted by atomic mass is 16.3. The molecule has 24 heavy (non-hydrogen) atoms. The fraction of sp³-hybridized carbons (Fsp3) is 0.810. The first-order chi connectivity index (χ1) is 11.4. The number of Topliss-reactive ketones (excluding diaryl/α,β-unsaturated/α-hetero) is 1. The molecular weight excluding hydrogens is 300 g/mol. The van der Waals surface area contributed by atoms with Gasteiger partial charge in [-0.15, -0.1) is 0 Å². The zero-order valence-corrected chi connectivity index (χ0v) is 15.0. The second kappa shape index (κ2) is 5.52. The molecule has 3 fully saturated rings. The van der Waals surface area contributed by atoms with Gasteiger partial charge in [0.15, 0.2) is 5.78 Å². The van der Waals surface area contributed by atoms with Crippen LogP contribution in [-0.4, -0.2) is 23.3 Å². The molecule has 132 valence electrons. The van der Waals surface area contributed by atoms with Gasteiger partial charge in [-0.2, -0.15) is 0 Å². The molecule has 3 heteroatoms. The van der Waals surface area contributed by atoms with Gasteiger partial charge in [0.2, 0.25) is 0 Å². The second-order valence-electron chi connectivity index (χ2n) is 9.15. The van der Waals surface area contributed by atoms with Gasteiger partial charge in [0.1, 0.15) is 5.78 Å². The summed E-state index contributed by atoms with van der Waals surface area (Å²) in [7, 11) is 0. The summed E-state index contributed by atoms with van der Waals surface area (Å²) in [6.45, 7) is 4.31. The molecule has 4 aliphatic carbocycles. The summed E-state index contributed by atoms with van der Waals surface area (Å²) >= 11 is 0. The lowest BCUT2D eigenvalue weighted by molar-refractivity contribution is -0.130. The third-order valence-electron chi connectivity index (χ3n) is 8.46. The number of hydrogen-bond acceptors (Lipinski definition) is 3. The van der Waals surface area contributed by atoms with Gasteiger partial charge in [0, 0.05) is 17.8 Å². The summed E-state index contributed by atoms with van der Waals surface area (Å²) in [5.74, 6) is 2.58. The van der Waals surface area contributed by atoms with Crippen LogP contribution in [0.2, 0.25) is 0 Å². The average Bonchev–Trinajstić information content (AvgIpc) is 2.91. The molecule has 0 spiro atoms. The largest absolute Gasteiger partial charge is 0.395 e. The number of carbonyl (C=O) groups is 2. The fourth-order valence-electron chi connectivity index (χ4n) is 7.33. The number of fused-ring (bicyclic) bond motifs is 5. The number of rotatable bonds is 2. The van der Waals surface area contributed by atoms with Crippen molar-refractivity contribution >= 4 is 11.6 Å². The summed E-state index contributed by atoms with van der Waals surface area (Å²) in [4.78, 5) is 24.1. The molecule has 0 aromatic carbocycles. The van der Waals surface area contributed by atoms with E-state index >= 15 is 0 Å². The third kappa shape index (κ3) is 2.06. The smallest absolute Gasteiger partial charge is 0.155 e. The predicted octanol–water partition coefficient (Wildman–Crippen LogP) is 3.70. The molecule has 1 N–H and O–H groups in total. The molecule has 0 unspecified atom stereocenters. The maximum atomic E-state index is 12.2. The van der Waals surface area contributed by atoms with Gasteiger partial charge in [-0.25, -0.2) is 0 Å². The minimum absolute atomic E-state index is 0.146. The maximum Gasteiger partial charge on any atom is 0.155 e. The van der Waals surface area contributed by atoms with E-state index in [0.29, 0.717) is 30.0 Å². The second-order valence-corrected chi connectivity index (χ2v) is 9.15. The van der Waals surface area contributed by atoms with Gasteiger partial charge in [-0.05, 0) is 81.1 Å². The summed E-state index contributed by atoms with van der Waals surface area (Å²) < 4.78 is 0. The van der Waals surface area contributed by atoms with Gasteiger partial charge < -0.3 is 5.11 Å². The van der Waals surface area contributed by atoms with Crippen LogP contribution in [0.5, 0.6) is 0 Å². The van der Waals surface area contributed by atoms with E-state index in [1.807, 2.05) is 6.08 Å². The van der Waals surface area contributed by atoms with Crippen LogP contribution in [-0.2, 0) is 9.59 Å².